The van der Waals surface area contributed by atoms with Gasteiger partial charge in [0.15, 0.2) is 13.9 Å². The Morgan fingerprint density at radius 2 is 2.03 bits per heavy atom. The summed E-state index contributed by atoms with van der Waals surface area (Å²) >= 11 is 5.86. The van der Waals surface area contributed by atoms with Crippen molar-refractivity contribution in [3.8, 4) is 0 Å². The Morgan fingerprint density at radius 3 is 2.71 bits per heavy atom. The van der Waals surface area contributed by atoms with Crippen LogP contribution >= 0.6 is 38.5 Å². The molecule has 0 radical (unpaired) electrons. The minimum absolute atomic E-state index is 0.0610. The normalized spacial score (nSPS) is 29.0. The van der Waals surface area contributed by atoms with Gasteiger partial charge < -0.3 is 24.4 Å². The summed E-state index contributed by atoms with van der Waals surface area (Å²) in [6.07, 6.45) is 1.13. The molecular formula is C28H34BrIN2O5Si. The molecule has 3 aliphatic rings. The van der Waals surface area contributed by atoms with Crippen molar-refractivity contribution in [3.63, 3.8) is 0 Å². The third-order valence-electron chi connectivity index (χ3n) is 8.46. The first-order valence-electron chi connectivity index (χ1n) is 13.1. The Hall–Kier alpha value is -1.31. The van der Waals surface area contributed by atoms with Crippen LogP contribution in [-0.2, 0) is 26.5 Å². The van der Waals surface area contributed by atoms with Crippen LogP contribution in [0.1, 0.15) is 37.3 Å². The number of rotatable bonds is 6. The molecule has 7 nitrogen and oxygen atoms in total. The summed E-state index contributed by atoms with van der Waals surface area (Å²) in [4.78, 5) is 42.9. The van der Waals surface area contributed by atoms with E-state index < -0.39 is 20.0 Å². The Morgan fingerprint density at radius 1 is 1.26 bits per heavy atom. The molecule has 38 heavy (non-hydrogen) atoms. The molecule has 2 N–H and O–H groups in total. The smallest absolute Gasteiger partial charge is 0.264 e. The van der Waals surface area contributed by atoms with Gasteiger partial charge in [-0.2, -0.15) is 0 Å². The number of amides is 2. The first-order valence-corrected chi connectivity index (χ1v) is 18.0. The number of aliphatic hydroxyl groups is 1. The average molecular weight is 713 g/mol. The molecule has 2 fully saturated rings. The molecule has 0 saturated carbocycles. The number of nitrogens with zero attached hydrogens (tertiary/aromatic N) is 2. The molecule has 2 saturated heterocycles. The number of benzene rings is 2. The van der Waals surface area contributed by atoms with E-state index in [0.717, 1.165) is 37.7 Å². The molecule has 0 bridgehead atoms. The molecular weight excluding hydrogens is 679 g/mol. The molecule has 2 aromatic carbocycles. The molecule has 2 amide bonds. The molecule has 5 rings (SSSR count). The molecule has 204 valence electrons. The van der Waals surface area contributed by atoms with Crippen molar-refractivity contribution in [1.82, 2.24) is 4.90 Å². The van der Waals surface area contributed by atoms with Crippen LogP contribution in [0.25, 0.3) is 0 Å². The third kappa shape index (κ3) is 4.79. The van der Waals surface area contributed by atoms with Crippen LogP contribution in [0.3, 0.4) is 0 Å². The molecule has 0 aliphatic carbocycles. The number of aliphatic hydroxyl groups excluding tert-OH is 1. The number of halogens is 2. The van der Waals surface area contributed by atoms with Gasteiger partial charge in [-0.25, -0.2) is 0 Å². The quantitative estimate of drug-likeness (QED) is 0.333. The van der Waals surface area contributed by atoms with E-state index in [-0.39, 0.29) is 42.3 Å². The van der Waals surface area contributed by atoms with Crippen molar-refractivity contribution in [2.75, 3.05) is 18.1 Å². The number of ether oxygens (including phenoxy) is 1. The Balaban J connectivity index is 1.54. The van der Waals surface area contributed by atoms with Gasteiger partial charge in [0.2, 0.25) is 5.91 Å². The number of carbonyl (C=O) groups excluding carboxylic acids is 2. The SMILES string of the molecule is C[C@@H]1[C@@H]([Si](C)(C)O)[C@H](CC(=O)N2CCC[C@H]2CO)O[C@@]12C(=O)N(Cc1cccc(I)c1)c1ccc(Br)cc12. The molecule has 1 spiro atoms. The highest BCUT2D eigenvalue weighted by Crippen LogP contribution is 2.60. The highest BCUT2D eigenvalue weighted by atomic mass is 127. The number of likely N-dealkylation sites (tertiary alicyclic amines) is 1. The van der Waals surface area contributed by atoms with Crippen molar-refractivity contribution in [2.45, 2.75) is 69.1 Å². The molecule has 10 heteroatoms. The predicted octanol–water partition coefficient (Wildman–Crippen LogP) is 4.77. The van der Waals surface area contributed by atoms with Crippen LogP contribution in [0.5, 0.6) is 0 Å². The van der Waals surface area contributed by atoms with Crippen LogP contribution < -0.4 is 4.90 Å². The van der Waals surface area contributed by atoms with Gasteiger partial charge in [-0.1, -0.05) is 35.0 Å². The molecule has 0 aromatic heterocycles. The fraction of sp³-hybridized carbons (Fsp3) is 0.500. The summed E-state index contributed by atoms with van der Waals surface area (Å²) in [6, 6.07) is 13.7. The standard InChI is InChI=1S/C28H34BrIN2O5Si/c1-17-26(38(2,3)36)24(14-25(34)31-11-5-8-21(31)16-33)37-28(17)22-13-19(29)9-10-23(22)32(27(28)35)15-18-6-4-7-20(30)12-18/h4,6-7,9-10,12-13,17,21,24,26,33,36H,5,8,11,14-16H2,1-3H3/t17-,21+,24+,26-,28+/m1/s1. The summed E-state index contributed by atoms with van der Waals surface area (Å²) in [5.74, 6) is -0.570. The van der Waals surface area contributed by atoms with Crippen molar-refractivity contribution < 1.29 is 24.2 Å². The van der Waals surface area contributed by atoms with E-state index in [0.29, 0.717) is 13.1 Å². The van der Waals surface area contributed by atoms with Gasteiger partial charge in [0.25, 0.3) is 5.91 Å². The molecule has 0 unspecified atom stereocenters. The van der Waals surface area contributed by atoms with Crippen LogP contribution in [0.4, 0.5) is 5.69 Å². The summed E-state index contributed by atoms with van der Waals surface area (Å²) in [5.41, 5.74) is 0.987. The first-order chi connectivity index (χ1) is 18.0. The minimum Gasteiger partial charge on any atom is -0.432 e. The zero-order valence-corrected chi connectivity index (χ0v) is 26.6. The molecule has 3 heterocycles. The Labute approximate surface area is 246 Å². The lowest BCUT2D eigenvalue weighted by molar-refractivity contribution is -0.150. The third-order valence-corrected chi connectivity index (χ3v) is 12.1. The van der Waals surface area contributed by atoms with Crippen molar-refractivity contribution in [2.24, 2.45) is 5.92 Å². The van der Waals surface area contributed by atoms with Gasteiger partial charge in [-0.05, 0) is 84.4 Å². The number of anilines is 1. The van der Waals surface area contributed by atoms with E-state index in [4.69, 9.17) is 4.74 Å². The van der Waals surface area contributed by atoms with Gasteiger partial charge in [0, 0.05) is 31.6 Å². The lowest BCUT2D eigenvalue weighted by Crippen LogP contribution is -2.46. The topological polar surface area (TPSA) is 90.3 Å². The second kappa shape index (κ2) is 10.6. The first kappa shape index (κ1) is 28.2. The number of fused-ring (bicyclic) bond motifs is 2. The maximum atomic E-state index is 14.4. The fourth-order valence-corrected chi connectivity index (χ4v) is 10.4. The summed E-state index contributed by atoms with van der Waals surface area (Å²) in [6.45, 7) is 6.68. The summed E-state index contributed by atoms with van der Waals surface area (Å²) in [5, 5.41) is 9.76. The van der Waals surface area contributed by atoms with E-state index in [9.17, 15) is 19.5 Å². The second-order valence-corrected chi connectivity index (χ2v) is 17.4. The molecule has 5 atom stereocenters. The summed E-state index contributed by atoms with van der Waals surface area (Å²) < 4.78 is 8.73. The van der Waals surface area contributed by atoms with E-state index in [1.165, 1.54) is 0 Å². The van der Waals surface area contributed by atoms with E-state index in [1.54, 1.807) is 9.80 Å². The van der Waals surface area contributed by atoms with Gasteiger partial charge in [-0.3, -0.25) is 9.59 Å². The maximum absolute atomic E-state index is 14.4. The van der Waals surface area contributed by atoms with Gasteiger partial charge in [0.05, 0.1) is 37.4 Å². The lowest BCUT2D eigenvalue weighted by Gasteiger charge is -2.32. The van der Waals surface area contributed by atoms with Crippen molar-refractivity contribution in [3.05, 3.63) is 61.6 Å². The Kier molecular flexibility index (Phi) is 7.86. The largest absolute Gasteiger partial charge is 0.432 e. The highest BCUT2D eigenvalue weighted by Gasteiger charge is 2.66. The second-order valence-electron chi connectivity index (χ2n) is 11.3. The van der Waals surface area contributed by atoms with Crippen molar-refractivity contribution >= 4 is 64.3 Å². The van der Waals surface area contributed by atoms with Gasteiger partial charge in [-0.15, -0.1) is 0 Å². The maximum Gasteiger partial charge on any atom is 0.264 e. The monoisotopic (exact) mass is 712 g/mol. The lowest BCUT2D eigenvalue weighted by atomic mass is 9.82. The Bertz CT molecular complexity index is 1260. The van der Waals surface area contributed by atoms with Gasteiger partial charge >= 0.3 is 0 Å². The van der Waals surface area contributed by atoms with E-state index >= 15 is 0 Å². The van der Waals surface area contributed by atoms with E-state index in [2.05, 4.69) is 44.6 Å². The fourth-order valence-electron chi connectivity index (χ4n) is 6.87. The van der Waals surface area contributed by atoms with Gasteiger partial charge in [0.1, 0.15) is 0 Å². The molecule has 3 aliphatic heterocycles. The zero-order chi connectivity index (χ0) is 27.4. The molecule has 2 aromatic rings. The van der Waals surface area contributed by atoms with E-state index in [1.807, 2.05) is 56.4 Å². The van der Waals surface area contributed by atoms with Crippen LogP contribution in [-0.4, -0.2) is 60.2 Å². The predicted molar refractivity (Wildman–Crippen MR) is 160 cm³/mol. The van der Waals surface area contributed by atoms with Crippen molar-refractivity contribution in [1.29, 1.82) is 0 Å². The summed E-state index contributed by atoms with van der Waals surface area (Å²) in [7, 11) is -2.87. The zero-order valence-electron chi connectivity index (χ0n) is 21.9. The highest BCUT2D eigenvalue weighted by molar-refractivity contribution is 14.1. The number of hydrogen-bond acceptors (Lipinski definition) is 5. The minimum atomic E-state index is -2.87. The number of hydrogen-bond donors (Lipinski definition) is 2. The van der Waals surface area contributed by atoms with Crippen LogP contribution in [0.15, 0.2) is 46.9 Å². The number of carbonyl (C=O) groups is 2. The van der Waals surface area contributed by atoms with Crippen LogP contribution in [0, 0.1) is 9.49 Å². The van der Waals surface area contributed by atoms with Crippen LogP contribution in [0.2, 0.25) is 18.6 Å². The average Bonchev–Trinajstić information content (AvgIpc) is 3.50.